The van der Waals surface area contributed by atoms with E-state index in [9.17, 15) is 0 Å². The average molecular weight is 230 g/mol. The molecule has 0 aliphatic carbocycles. The van der Waals surface area contributed by atoms with Gasteiger partial charge in [0.15, 0.2) is 0 Å². The van der Waals surface area contributed by atoms with Crippen molar-refractivity contribution in [2.75, 3.05) is 13.1 Å². The van der Waals surface area contributed by atoms with Crippen LogP contribution in [0.3, 0.4) is 0 Å². The lowest BCUT2D eigenvalue weighted by Gasteiger charge is -2.13. The van der Waals surface area contributed by atoms with Crippen LogP contribution in [0.5, 0.6) is 0 Å². The lowest BCUT2D eigenvalue weighted by Crippen LogP contribution is -2.26. The Morgan fingerprint density at radius 3 is 2.94 bits per heavy atom. The molecule has 0 unspecified atom stereocenters. The minimum atomic E-state index is 1.03. The highest BCUT2D eigenvalue weighted by atomic mass is 14.8. The molecule has 0 atom stereocenters. The molecule has 2 nitrogen and oxygen atoms in total. The molecule has 17 heavy (non-hydrogen) atoms. The molecular weight excluding hydrogens is 208 g/mol. The van der Waals surface area contributed by atoms with Gasteiger partial charge in [0.25, 0.3) is 0 Å². The predicted molar refractivity (Wildman–Crippen MR) is 74.2 cm³/mol. The summed E-state index contributed by atoms with van der Waals surface area (Å²) >= 11 is 0. The smallest absolute Gasteiger partial charge is 0.0410 e. The summed E-state index contributed by atoms with van der Waals surface area (Å²) in [4.78, 5) is 3.37. The second-order valence-corrected chi connectivity index (χ2v) is 4.54. The third-order valence-electron chi connectivity index (χ3n) is 3.31. The Hall–Kier alpha value is -1.28. The zero-order chi connectivity index (χ0) is 12.1. The fourth-order valence-corrected chi connectivity index (χ4v) is 2.40. The Balaban J connectivity index is 2.30. The lowest BCUT2D eigenvalue weighted by atomic mass is 10.0. The minimum absolute atomic E-state index is 1.03. The lowest BCUT2D eigenvalue weighted by molar-refractivity contribution is 0.691. The molecule has 0 spiro atoms. The van der Waals surface area contributed by atoms with Gasteiger partial charge >= 0.3 is 0 Å². The van der Waals surface area contributed by atoms with Crippen LogP contribution in [-0.4, -0.2) is 18.1 Å². The fourth-order valence-electron chi connectivity index (χ4n) is 2.40. The summed E-state index contributed by atoms with van der Waals surface area (Å²) in [7, 11) is 0. The van der Waals surface area contributed by atoms with Gasteiger partial charge in [0, 0.05) is 18.1 Å². The van der Waals surface area contributed by atoms with E-state index in [1.807, 2.05) is 0 Å². The fraction of sp³-hybridized carbons (Fsp3) is 0.467. The van der Waals surface area contributed by atoms with Gasteiger partial charge in [0.05, 0.1) is 0 Å². The Kier molecular flexibility index (Phi) is 4.21. The minimum Gasteiger partial charge on any atom is -0.361 e. The SMILES string of the molecule is C/C=c1/[nH]cc(CC2=CCNCC2)/c1=C/CC. The standard InChI is InChI=1S/C15H22N2/c1-3-5-14-13(11-17-15(14)4-2)10-12-6-8-16-9-7-12/h4-6,11,16-17H,3,7-10H2,1-2H3/b14-5-,15-4+. The van der Waals surface area contributed by atoms with E-state index < -0.39 is 0 Å². The highest BCUT2D eigenvalue weighted by molar-refractivity contribution is 5.34. The molecule has 0 fully saturated rings. The molecule has 1 aliphatic rings. The molecule has 0 saturated carbocycles. The summed E-state index contributed by atoms with van der Waals surface area (Å²) in [5.74, 6) is 0. The summed E-state index contributed by atoms with van der Waals surface area (Å²) in [5, 5.41) is 6.02. The van der Waals surface area contributed by atoms with E-state index in [1.165, 1.54) is 22.6 Å². The second kappa shape index (κ2) is 5.87. The zero-order valence-electron chi connectivity index (χ0n) is 10.8. The largest absolute Gasteiger partial charge is 0.361 e. The van der Waals surface area contributed by atoms with Crippen molar-refractivity contribution in [1.82, 2.24) is 10.3 Å². The predicted octanol–water partition coefficient (Wildman–Crippen LogP) is 1.47. The summed E-state index contributed by atoms with van der Waals surface area (Å²) in [6.45, 7) is 6.43. The maximum atomic E-state index is 3.37. The van der Waals surface area contributed by atoms with Gasteiger partial charge in [-0.3, -0.25) is 0 Å². The van der Waals surface area contributed by atoms with Crippen LogP contribution in [0.25, 0.3) is 12.2 Å². The molecule has 1 aromatic heterocycles. The van der Waals surface area contributed by atoms with Gasteiger partial charge in [0.2, 0.25) is 0 Å². The normalized spacial score (nSPS) is 18.6. The van der Waals surface area contributed by atoms with Crippen molar-refractivity contribution < 1.29 is 0 Å². The van der Waals surface area contributed by atoms with Crippen LogP contribution in [0, 0.1) is 0 Å². The Labute approximate surface area is 103 Å². The van der Waals surface area contributed by atoms with E-state index in [4.69, 9.17) is 0 Å². The number of H-pyrrole nitrogens is 1. The topological polar surface area (TPSA) is 27.8 Å². The number of hydrogen-bond donors (Lipinski definition) is 2. The summed E-state index contributed by atoms with van der Waals surface area (Å²) in [5.41, 5.74) is 3.00. The highest BCUT2D eigenvalue weighted by Crippen LogP contribution is 2.09. The van der Waals surface area contributed by atoms with Crippen LogP contribution < -0.4 is 15.9 Å². The van der Waals surface area contributed by atoms with Gasteiger partial charge in [0.1, 0.15) is 0 Å². The summed E-state index contributed by atoms with van der Waals surface area (Å²) in [6, 6.07) is 0. The molecule has 2 heteroatoms. The maximum absolute atomic E-state index is 3.37. The van der Waals surface area contributed by atoms with E-state index in [-0.39, 0.29) is 0 Å². The second-order valence-electron chi connectivity index (χ2n) is 4.54. The van der Waals surface area contributed by atoms with Crippen LogP contribution in [0.1, 0.15) is 32.3 Å². The maximum Gasteiger partial charge on any atom is 0.0410 e. The zero-order valence-corrected chi connectivity index (χ0v) is 10.8. The molecule has 2 N–H and O–H groups in total. The monoisotopic (exact) mass is 230 g/mol. The van der Waals surface area contributed by atoms with Gasteiger partial charge in [-0.05, 0) is 43.5 Å². The molecule has 0 aromatic carbocycles. The van der Waals surface area contributed by atoms with Crippen molar-refractivity contribution in [3.63, 3.8) is 0 Å². The van der Waals surface area contributed by atoms with Crippen molar-refractivity contribution in [2.45, 2.75) is 33.1 Å². The third-order valence-corrected chi connectivity index (χ3v) is 3.31. The summed E-state index contributed by atoms with van der Waals surface area (Å²) < 4.78 is 0. The Morgan fingerprint density at radius 2 is 2.29 bits per heavy atom. The van der Waals surface area contributed by atoms with Crippen LogP contribution >= 0.6 is 0 Å². The van der Waals surface area contributed by atoms with Crippen molar-refractivity contribution in [3.05, 3.63) is 34.0 Å². The molecule has 92 valence electrons. The molecule has 0 bridgehead atoms. The van der Waals surface area contributed by atoms with Crippen LogP contribution in [0.15, 0.2) is 17.8 Å². The summed E-state index contributed by atoms with van der Waals surface area (Å²) in [6.07, 6.45) is 12.3. The number of rotatable bonds is 3. The van der Waals surface area contributed by atoms with Crippen LogP contribution in [0.2, 0.25) is 0 Å². The molecular formula is C15H22N2. The molecule has 2 heterocycles. The first-order valence-corrected chi connectivity index (χ1v) is 6.56. The van der Waals surface area contributed by atoms with E-state index in [0.29, 0.717) is 0 Å². The molecule has 2 rings (SSSR count). The van der Waals surface area contributed by atoms with E-state index in [2.05, 4.69) is 48.6 Å². The van der Waals surface area contributed by atoms with Crippen molar-refractivity contribution in [2.24, 2.45) is 0 Å². The van der Waals surface area contributed by atoms with E-state index in [1.54, 1.807) is 5.57 Å². The third kappa shape index (κ3) is 2.89. The first-order valence-electron chi connectivity index (χ1n) is 6.56. The van der Waals surface area contributed by atoms with Gasteiger partial charge in [-0.25, -0.2) is 0 Å². The van der Waals surface area contributed by atoms with E-state index in [0.717, 1.165) is 25.9 Å². The molecule has 0 radical (unpaired) electrons. The first kappa shape index (κ1) is 12.2. The number of aromatic nitrogens is 1. The van der Waals surface area contributed by atoms with Crippen molar-refractivity contribution >= 4 is 12.2 Å². The van der Waals surface area contributed by atoms with Crippen molar-refractivity contribution in [3.8, 4) is 0 Å². The van der Waals surface area contributed by atoms with Gasteiger partial charge in [-0.1, -0.05) is 30.7 Å². The molecule has 1 aromatic rings. The molecule has 1 aliphatic heterocycles. The Bertz CT molecular complexity index is 506. The molecule has 0 amide bonds. The van der Waals surface area contributed by atoms with Gasteiger partial charge in [-0.2, -0.15) is 0 Å². The van der Waals surface area contributed by atoms with Crippen molar-refractivity contribution in [1.29, 1.82) is 0 Å². The quantitative estimate of drug-likeness (QED) is 0.756. The van der Waals surface area contributed by atoms with Crippen LogP contribution in [-0.2, 0) is 6.42 Å². The number of nitrogens with one attached hydrogen (secondary N) is 2. The number of hydrogen-bond acceptors (Lipinski definition) is 1. The van der Waals surface area contributed by atoms with Crippen LogP contribution in [0.4, 0.5) is 0 Å². The van der Waals surface area contributed by atoms with E-state index >= 15 is 0 Å². The van der Waals surface area contributed by atoms with Gasteiger partial charge in [-0.15, -0.1) is 0 Å². The number of aromatic amines is 1. The van der Waals surface area contributed by atoms with Gasteiger partial charge < -0.3 is 10.3 Å². The molecule has 0 saturated heterocycles. The first-order chi connectivity index (χ1) is 8.35. The average Bonchev–Trinajstić information content (AvgIpc) is 2.74. The highest BCUT2D eigenvalue weighted by Gasteiger charge is 2.06. The Morgan fingerprint density at radius 1 is 1.41 bits per heavy atom.